The van der Waals surface area contributed by atoms with E-state index in [0.29, 0.717) is 6.54 Å². The van der Waals surface area contributed by atoms with Gasteiger partial charge in [0.25, 0.3) is 0 Å². The van der Waals surface area contributed by atoms with Crippen LogP contribution < -0.4 is 10.6 Å². The molecule has 1 aliphatic heterocycles. The molecule has 0 saturated heterocycles. The van der Waals surface area contributed by atoms with Crippen LogP contribution in [0.3, 0.4) is 0 Å². The Labute approximate surface area is 103 Å². The van der Waals surface area contributed by atoms with Gasteiger partial charge in [0.2, 0.25) is 5.91 Å². The normalized spacial score (nSPS) is 20.2. The lowest BCUT2D eigenvalue weighted by Crippen LogP contribution is -2.39. The van der Waals surface area contributed by atoms with Crippen LogP contribution in [0, 0.1) is 5.92 Å². The summed E-state index contributed by atoms with van der Waals surface area (Å²) in [7, 11) is 0. The number of carbonyl (C=O) groups excluding carboxylic acids is 1. The number of benzene rings is 1. The van der Waals surface area contributed by atoms with E-state index in [0.717, 1.165) is 18.5 Å². The summed E-state index contributed by atoms with van der Waals surface area (Å²) in [6.45, 7) is 4.63. The van der Waals surface area contributed by atoms with Gasteiger partial charge in [0.1, 0.15) is 0 Å². The maximum atomic E-state index is 12.4. The van der Waals surface area contributed by atoms with Crippen molar-refractivity contribution in [2.45, 2.75) is 32.7 Å². The standard InChI is InChI=1S/C14H20N2O/c1-10(7-8-15)14(17)16-11(2)9-12-5-3-4-6-13(12)16/h3-6,10-11H,7-9,15H2,1-2H3. The minimum Gasteiger partial charge on any atom is -0.330 e. The van der Waals surface area contributed by atoms with Crippen molar-refractivity contribution in [3.8, 4) is 0 Å². The van der Waals surface area contributed by atoms with Gasteiger partial charge in [-0.3, -0.25) is 4.79 Å². The number of carbonyl (C=O) groups is 1. The Morgan fingerprint density at radius 1 is 1.53 bits per heavy atom. The highest BCUT2D eigenvalue weighted by Gasteiger charge is 2.32. The van der Waals surface area contributed by atoms with E-state index in [2.05, 4.69) is 13.0 Å². The summed E-state index contributed by atoms with van der Waals surface area (Å²) in [4.78, 5) is 14.3. The summed E-state index contributed by atoms with van der Waals surface area (Å²) in [5, 5.41) is 0. The Morgan fingerprint density at radius 3 is 2.94 bits per heavy atom. The van der Waals surface area contributed by atoms with Crippen molar-refractivity contribution in [3.05, 3.63) is 29.8 Å². The molecule has 2 N–H and O–H groups in total. The molecule has 1 amide bonds. The van der Waals surface area contributed by atoms with Crippen LogP contribution in [0.5, 0.6) is 0 Å². The highest BCUT2D eigenvalue weighted by Crippen LogP contribution is 2.33. The monoisotopic (exact) mass is 232 g/mol. The van der Waals surface area contributed by atoms with E-state index in [1.54, 1.807) is 0 Å². The van der Waals surface area contributed by atoms with Gasteiger partial charge >= 0.3 is 0 Å². The van der Waals surface area contributed by atoms with Crippen LogP contribution in [-0.2, 0) is 11.2 Å². The molecular formula is C14H20N2O. The Morgan fingerprint density at radius 2 is 2.24 bits per heavy atom. The number of nitrogens with two attached hydrogens (primary N) is 1. The van der Waals surface area contributed by atoms with Crippen LogP contribution in [0.15, 0.2) is 24.3 Å². The third kappa shape index (κ3) is 2.20. The van der Waals surface area contributed by atoms with Gasteiger partial charge in [-0.25, -0.2) is 0 Å². The molecule has 1 aromatic carbocycles. The number of hydrogen-bond acceptors (Lipinski definition) is 2. The topological polar surface area (TPSA) is 46.3 Å². The minimum atomic E-state index is 0.00797. The quantitative estimate of drug-likeness (QED) is 0.865. The average Bonchev–Trinajstić information content (AvgIpc) is 2.64. The fourth-order valence-electron chi connectivity index (χ4n) is 2.51. The molecule has 0 spiro atoms. The summed E-state index contributed by atoms with van der Waals surface area (Å²) in [5.74, 6) is 0.210. The molecule has 0 saturated carbocycles. The van der Waals surface area contributed by atoms with E-state index < -0.39 is 0 Å². The van der Waals surface area contributed by atoms with Crippen LogP contribution in [0.4, 0.5) is 5.69 Å². The number of para-hydroxylation sites is 1. The fraction of sp³-hybridized carbons (Fsp3) is 0.500. The molecule has 2 rings (SSSR count). The molecular weight excluding hydrogens is 212 g/mol. The van der Waals surface area contributed by atoms with Gasteiger partial charge in [0.05, 0.1) is 0 Å². The highest BCUT2D eigenvalue weighted by molar-refractivity contribution is 5.97. The number of anilines is 1. The lowest BCUT2D eigenvalue weighted by molar-refractivity contribution is -0.122. The van der Waals surface area contributed by atoms with Crippen molar-refractivity contribution >= 4 is 11.6 Å². The van der Waals surface area contributed by atoms with E-state index in [1.807, 2.05) is 30.0 Å². The summed E-state index contributed by atoms with van der Waals surface area (Å²) < 4.78 is 0. The van der Waals surface area contributed by atoms with Crippen molar-refractivity contribution in [2.24, 2.45) is 11.7 Å². The zero-order valence-corrected chi connectivity index (χ0v) is 10.5. The number of fused-ring (bicyclic) bond motifs is 1. The van der Waals surface area contributed by atoms with E-state index in [1.165, 1.54) is 5.56 Å². The number of nitrogens with zero attached hydrogens (tertiary/aromatic N) is 1. The summed E-state index contributed by atoms with van der Waals surface area (Å²) in [5.41, 5.74) is 7.87. The molecule has 3 nitrogen and oxygen atoms in total. The molecule has 1 heterocycles. The molecule has 0 aromatic heterocycles. The third-order valence-corrected chi connectivity index (χ3v) is 3.47. The number of amides is 1. The summed E-state index contributed by atoms with van der Waals surface area (Å²) in [6, 6.07) is 8.42. The number of rotatable bonds is 3. The second kappa shape index (κ2) is 4.88. The van der Waals surface area contributed by atoms with Gasteiger partial charge in [-0.2, -0.15) is 0 Å². The Kier molecular flexibility index (Phi) is 3.48. The van der Waals surface area contributed by atoms with E-state index in [9.17, 15) is 4.79 Å². The molecule has 17 heavy (non-hydrogen) atoms. The molecule has 2 unspecified atom stereocenters. The minimum absolute atomic E-state index is 0.00797. The van der Waals surface area contributed by atoms with Crippen LogP contribution >= 0.6 is 0 Å². The van der Waals surface area contributed by atoms with Gasteiger partial charge in [0.15, 0.2) is 0 Å². The van der Waals surface area contributed by atoms with E-state index in [-0.39, 0.29) is 17.9 Å². The molecule has 3 heteroatoms. The lowest BCUT2D eigenvalue weighted by atomic mass is 10.1. The first-order valence-corrected chi connectivity index (χ1v) is 6.26. The smallest absolute Gasteiger partial charge is 0.230 e. The van der Waals surface area contributed by atoms with Crippen LogP contribution in [0.25, 0.3) is 0 Å². The fourth-order valence-corrected chi connectivity index (χ4v) is 2.51. The Hall–Kier alpha value is -1.35. The highest BCUT2D eigenvalue weighted by atomic mass is 16.2. The summed E-state index contributed by atoms with van der Waals surface area (Å²) >= 11 is 0. The second-order valence-electron chi connectivity index (χ2n) is 4.87. The zero-order valence-electron chi connectivity index (χ0n) is 10.5. The van der Waals surface area contributed by atoms with Crippen LogP contribution in [0.2, 0.25) is 0 Å². The maximum Gasteiger partial charge on any atom is 0.230 e. The van der Waals surface area contributed by atoms with Crippen molar-refractivity contribution in [3.63, 3.8) is 0 Å². The van der Waals surface area contributed by atoms with Crippen molar-refractivity contribution < 1.29 is 4.79 Å². The Balaban J connectivity index is 2.24. The molecule has 0 bridgehead atoms. The Bertz CT molecular complexity index is 416. The molecule has 1 aromatic rings. The van der Waals surface area contributed by atoms with Crippen molar-refractivity contribution in [1.82, 2.24) is 0 Å². The molecule has 92 valence electrons. The van der Waals surface area contributed by atoms with E-state index in [4.69, 9.17) is 5.73 Å². The second-order valence-corrected chi connectivity index (χ2v) is 4.87. The summed E-state index contributed by atoms with van der Waals surface area (Å²) in [6.07, 6.45) is 1.71. The largest absolute Gasteiger partial charge is 0.330 e. The average molecular weight is 232 g/mol. The van der Waals surface area contributed by atoms with Gasteiger partial charge in [-0.15, -0.1) is 0 Å². The predicted molar refractivity (Wildman–Crippen MR) is 69.9 cm³/mol. The SMILES string of the molecule is CC(CCN)C(=O)N1c2ccccc2CC1C. The first kappa shape index (κ1) is 12.1. The predicted octanol–water partition coefficient (Wildman–Crippen LogP) is 1.95. The molecule has 0 fully saturated rings. The van der Waals surface area contributed by atoms with Gasteiger partial charge < -0.3 is 10.6 Å². The van der Waals surface area contributed by atoms with E-state index >= 15 is 0 Å². The van der Waals surface area contributed by atoms with Gasteiger partial charge in [0, 0.05) is 17.6 Å². The lowest BCUT2D eigenvalue weighted by Gasteiger charge is -2.25. The van der Waals surface area contributed by atoms with Gasteiger partial charge in [-0.05, 0) is 37.9 Å². The first-order chi connectivity index (χ1) is 8.15. The maximum absolute atomic E-state index is 12.4. The van der Waals surface area contributed by atoms with Crippen LogP contribution in [0.1, 0.15) is 25.8 Å². The zero-order chi connectivity index (χ0) is 12.4. The molecule has 2 atom stereocenters. The van der Waals surface area contributed by atoms with Crippen molar-refractivity contribution in [2.75, 3.05) is 11.4 Å². The number of hydrogen-bond donors (Lipinski definition) is 1. The molecule has 1 aliphatic rings. The van der Waals surface area contributed by atoms with Gasteiger partial charge in [-0.1, -0.05) is 25.1 Å². The third-order valence-electron chi connectivity index (χ3n) is 3.47. The van der Waals surface area contributed by atoms with Crippen LogP contribution in [-0.4, -0.2) is 18.5 Å². The molecule has 0 aliphatic carbocycles. The first-order valence-electron chi connectivity index (χ1n) is 6.26. The molecule has 0 radical (unpaired) electrons. The van der Waals surface area contributed by atoms with Crippen molar-refractivity contribution in [1.29, 1.82) is 0 Å².